The molecule has 1 fully saturated rings. The number of rotatable bonds is 5. The van der Waals surface area contributed by atoms with Crippen molar-refractivity contribution in [2.24, 2.45) is 11.1 Å². The van der Waals surface area contributed by atoms with Gasteiger partial charge in [0.2, 0.25) is 5.91 Å². The highest BCUT2D eigenvalue weighted by Gasteiger charge is 2.36. The highest BCUT2D eigenvalue weighted by Crippen LogP contribution is 2.39. The minimum atomic E-state index is -0.668. The third-order valence-electron chi connectivity index (χ3n) is 3.96. The SMILES string of the molecule is CCC(NCC1(O)CCC(C)(C)CC1)C(N)=O. The van der Waals surface area contributed by atoms with Crippen LogP contribution in [-0.4, -0.2) is 29.2 Å². The summed E-state index contributed by atoms with van der Waals surface area (Å²) in [6, 6.07) is -0.325. The average Bonchev–Trinajstić information content (AvgIpc) is 2.24. The molecule has 1 aliphatic carbocycles. The van der Waals surface area contributed by atoms with Crippen molar-refractivity contribution in [1.29, 1.82) is 0 Å². The largest absolute Gasteiger partial charge is 0.389 e. The fourth-order valence-corrected chi connectivity index (χ4v) is 2.33. The summed E-state index contributed by atoms with van der Waals surface area (Å²) in [5.41, 5.74) is 4.93. The predicted octanol–water partition coefficient (Wildman–Crippen LogP) is 1.17. The highest BCUT2D eigenvalue weighted by atomic mass is 16.3. The molecule has 17 heavy (non-hydrogen) atoms. The van der Waals surface area contributed by atoms with Crippen LogP contribution in [-0.2, 0) is 4.79 Å². The van der Waals surface area contributed by atoms with Crippen LogP contribution in [0.4, 0.5) is 0 Å². The van der Waals surface area contributed by atoms with Crippen LogP contribution in [0.3, 0.4) is 0 Å². The van der Waals surface area contributed by atoms with Gasteiger partial charge in [0, 0.05) is 6.54 Å². The zero-order chi connectivity index (χ0) is 13.1. The zero-order valence-corrected chi connectivity index (χ0v) is 11.3. The van der Waals surface area contributed by atoms with E-state index in [4.69, 9.17) is 5.73 Å². The number of hydrogen-bond donors (Lipinski definition) is 3. The van der Waals surface area contributed by atoms with Crippen molar-refractivity contribution in [3.63, 3.8) is 0 Å². The first-order chi connectivity index (χ1) is 7.78. The van der Waals surface area contributed by atoms with E-state index in [0.29, 0.717) is 18.4 Å². The lowest BCUT2D eigenvalue weighted by Crippen LogP contribution is -2.50. The third kappa shape index (κ3) is 4.28. The number of amides is 1. The Balaban J connectivity index is 2.43. The van der Waals surface area contributed by atoms with Gasteiger partial charge in [-0.25, -0.2) is 0 Å². The minimum absolute atomic E-state index is 0.325. The maximum atomic E-state index is 11.1. The summed E-state index contributed by atoms with van der Waals surface area (Å²) in [6.45, 7) is 6.84. The van der Waals surface area contributed by atoms with Crippen LogP contribution in [0, 0.1) is 5.41 Å². The Bertz CT molecular complexity index is 267. The summed E-state index contributed by atoms with van der Waals surface area (Å²) < 4.78 is 0. The van der Waals surface area contributed by atoms with Crippen molar-refractivity contribution in [1.82, 2.24) is 5.32 Å². The van der Waals surface area contributed by atoms with Crippen molar-refractivity contribution in [3.8, 4) is 0 Å². The molecule has 1 atom stereocenters. The van der Waals surface area contributed by atoms with Gasteiger partial charge in [-0.2, -0.15) is 0 Å². The second-order valence-electron chi connectivity index (χ2n) is 6.13. The molecular formula is C13H26N2O2. The maximum Gasteiger partial charge on any atom is 0.234 e. The molecule has 0 heterocycles. The van der Waals surface area contributed by atoms with Gasteiger partial charge in [0.05, 0.1) is 11.6 Å². The fraction of sp³-hybridized carbons (Fsp3) is 0.923. The van der Waals surface area contributed by atoms with Gasteiger partial charge < -0.3 is 16.2 Å². The predicted molar refractivity (Wildman–Crippen MR) is 68.5 cm³/mol. The Kier molecular flexibility index (Phi) is 4.55. The van der Waals surface area contributed by atoms with Gasteiger partial charge >= 0.3 is 0 Å². The molecule has 4 nitrogen and oxygen atoms in total. The van der Waals surface area contributed by atoms with Gasteiger partial charge in [0.1, 0.15) is 0 Å². The molecule has 1 unspecified atom stereocenters. The number of carbonyl (C=O) groups is 1. The molecule has 0 aromatic heterocycles. The van der Waals surface area contributed by atoms with Crippen molar-refractivity contribution in [2.75, 3.05) is 6.54 Å². The second kappa shape index (κ2) is 5.36. The molecule has 1 rings (SSSR count). The van der Waals surface area contributed by atoms with Crippen LogP contribution in [0.25, 0.3) is 0 Å². The molecular weight excluding hydrogens is 216 g/mol. The van der Waals surface area contributed by atoms with Gasteiger partial charge in [-0.15, -0.1) is 0 Å². The Labute approximate surface area is 104 Å². The lowest BCUT2D eigenvalue weighted by molar-refractivity contribution is -0.120. The lowest BCUT2D eigenvalue weighted by atomic mass is 9.71. The number of hydrogen-bond acceptors (Lipinski definition) is 3. The average molecular weight is 242 g/mol. The molecule has 0 aromatic rings. The number of primary amides is 1. The van der Waals surface area contributed by atoms with Crippen molar-refractivity contribution >= 4 is 5.91 Å². The van der Waals surface area contributed by atoms with E-state index in [2.05, 4.69) is 19.2 Å². The van der Waals surface area contributed by atoms with E-state index in [1.54, 1.807) is 0 Å². The van der Waals surface area contributed by atoms with Crippen molar-refractivity contribution in [2.45, 2.75) is 64.5 Å². The second-order valence-corrected chi connectivity index (χ2v) is 6.13. The molecule has 100 valence electrons. The van der Waals surface area contributed by atoms with Gasteiger partial charge in [0.25, 0.3) is 0 Å². The first-order valence-electron chi connectivity index (χ1n) is 6.53. The van der Waals surface area contributed by atoms with E-state index in [0.717, 1.165) is 25.7 Å². The first-order valence-corrected chi connectivity index (χ1v) is 6.53. The van der Waals surface area contributed by atoms with E-state index in [9.17, 15) is 9.90 Å². The van der Waals surface area contributed by atoms with E-state index in [1.165, 1.54) is 0 Å². The van der Waals surface area contributed by atoms with Crippen LogP contribution in [0.15, 0.2) is 0 Å². The summed E-state index contributed by atoms with van der Waals surface area (Å²) in [5.74, 6) is -0.341. The van der Waals surface area contributed by atoms with E-state index < -0.39 is 5.60 Å². The van der Waals surface area contributed by atoms with Gasteiger partial charge in [-0.3, -0.25) is 4.79 Å². The van der Waals surface area contributed by atoms with Crippen LogP contribution in [0.5, 0.6) is 0 Å². The van der Waals surface area contributed by atoms with Crippen LogP contribution >= 0.6 is 0 Å². The van der Waals surface area contributed by atoms with Gasteiger partial charge in [0.15, 0.2) is 0 Å². The molecule has 0 bridgehead atoms. The molecule has 1 saturated carbocycles. The van der Waals surface area contributed by atoms with E-state index in [-0.39, 0.29) is 11.9 Å². The third-order valence-corrected chi connectivity index (χ3v) is 3.96. The zero-order valence-electron chi connectivity index (χ0n) is 11.3. The Morgan fingerprint density at radius 3 is 2.29 bits per heavy atom. The fourth-order valence-electron chi connectivity index (χ4n) is 2.33. The van der Waals surface area contributed by atoms with Crippen molar-refractivity contribution < 1.29 is 9.90 Å². The number of nitrogens with one attached hydrogen (secondary N) is 1. The Hall–Kier alpha value is -0.610. The quantitative estimate of drug-likeness (QED) is 0.677. The normalized spacial score (nSPS) is 24.2. The molecule has 0 aromatic carbocycles. The van der Waals surface area contributed by atoms with Crippen LogP contribution in [0.2, 0.25) is 0 Å². The molecule has 0 saturated heterocycles. The first kappa shape index (κ1) is 14.5. The highest BCUT2D eigenvalue weighted by molar-refractivity contribution is 5.79. The molecule has 4 N–H and O–H groups in total. The smallest absolute Gasteiger partial charge is 0.234 e. The van der Waals surface area contributed by atoms with Crippen molar-refractivity contribution in [3.05, 3.63) is 0 Å². The summed E-state index contributed by atoms with van der Waals surface area (Å²) in [4.78, 5) is 11.1. The molecule has 1 amide bonds. The Morgan fingerprint density at radius 1 is 1.35 bits per heavy atom. The topological polar surface area (TPSA) is 75.3 Å². The van der Waals surface area contributed by atoms with E-state index >= 15 is 0 Å². The summed E-state index contributed by atoms with van der Waals surface area (Å²) in [5, 5.41) is 13.5. The monoisotopic (exact) mass is 242 g/mol. The maximum absolute atomic E-state index is 11.1. The van der Waals surface area contributed by atoms with Crippen LogP contribution in [0.1, 0.15) is 52.9 Å². The molecule has 0 aliphatic heterocycles. The summed E-state index contributed by atoms with van der Waals surface area (Å²) >= 11 is 0. The number of nitrogens with two attached hydrogens (primary N) is 1. The Morgan fingerprint density at radius 2 is 1.88 bits per heavy atom. The summed E-state index contributed by atoms with van der Waals surface area (Å²) in [6.07, 6.45) is 4.30. The van der Waals surface area contributed by atoms with Gasteiger partial charge in [-0.1, -0.05) is 20.8 Å². The van der Waals surface area contributed by atoms with E-state index in [1.807, 2.05) is 6.92 Å². The number of carbonyl (C=O) groups excluding carboxylic acids is 1. The standard InChI is InChI=1S/C13H26N2O2/c1-4-10(11(14)16)15-9-13(17)7-5-12(2,3)6-8-13/h10,15,17H,4-9H2,1-3H3,(H2,14,16). The molecule has 4 heteroatoms. The molecule has 0 spiro atoms. The van der Waals surface area contributed by atoms with Crippen LogP contribution < -0.4 is 11.1 Å². The lowest BCUT2D eigenvalue weighted by Gasteiger charge is -2.40. The molecule has 0 radical (unpaired) electrons. The minimum Gasteiger partial charge on any atom is -0.389 e. The number of aliphatic hydroxyl groups is 1. The molecule has 1 aliphatic rings. The summed E-state index contributed by atoms with van der Waals surface area (Å²) in [7, 11) is 0. The van der Waals surface area contributed by atoms with Gasteiger partial charge in [-0.05, 0) is 37.5 Å².